The third-order valence-corrected chi connectivity index (χ3v) is 6.88. The number of hydrogen-bond donors (Lipinski definition) is 0. The van der Waals surface area contributed by atoms with E-state index in [0.29, 0.717) is 41.1 Å². The van der Waals surface area contributed by atoms with Crippen LogP contribution in [0, 0.1) is 5.82 Å². The van der Waals surface area contributed by atoms with Gasteiger partial charge in [0.2, 0.25) is 5.91 Å². The minimum atomic E-state index is -0.364. The van der Waals surface area contributed by atoms with Crippen molar-refractivity contribution >= 4 is 28.0 Å². The molecule has 1 aliphatic heterocycles. The second kappa shape index (κ2) is 8.40. The highest BCUT2D eigenvalue weighted by Crippen LogP contribution is 2.39. The normalized spacial score (nSPS) is 13.9. The average Bonchev–Trinajstić information content (AvgIpc) is 3.46. The summed E-state index contributed by atoms with van der Waals surface area (Å²) in [7, 11) is 1.57. The van der Waals surface area contributed by atoms with Gasteiger partial charge in [-0.1, -0.05) is 6.07 Å². The predicted octanol–water partition coefficient (Wildman–Crippen LogP) is 4.08. The van der Waals surface area contributed by atoms with Crippen LogP contribution in [0.25, 0.3) is 44.3 Å². The summed E-state index contributed by atoms with van der Waals surface area (Å²) in [4.78, 5) is 17.9. The minimum Gasteiger partial charge on any atom is -0.496 e. The molecule has 5 aromatic rings. The predicted molar refractivity (Wildman–Crippen MR) is 133 cm³/mol. The Morgan fingerprint density at radius 3 is 2.72 bits per heavy atom. The van der Waals surface area contributed by atoms with E-state index >= 15 is 4.39 Å². The Bertz CT molecular complexity index is 1630. The number of nitrogens with zero attached hydrogens (tertiary/aromatic N) is 7. The number of ether oxygens (including phenoxy) is 1. The fourth-order valence-electron chi connectivity index (χ4n) is 4.83. The van der Waals surface area contributed by atoms with Crippen molar-refractivity contribution in [2.75, 3.05) is 20.2 Å². The molecule has 2 aromatic carbocycles. The van der Waals surface area contributed by atoms with E-state index in [2.05, 4.69) is 20.3 Å². The van der Waals surface area contributed by atoms with Gasteiger partial charge < -0.3 is 14.2 Å². The van der Waals surface area contributed by atoms with Crippen molar-refractivity contribution < 1.29 is 13.9 Å². The highest BCUT2D eigenvalue weighted by atomic mass is 19.1. The molecule has 0 unspecified atom stereocenters. The molecule has 0 spiro atoms. The molecule has 4 heterocycles. The first-order valence-corrected chi connectivity index (χ1v) is 11.8. The third-order valence-electron chi connectivity index (χ3n) is 6.88. The molecular weight excluding hydrogens is 461 g/mol. The van der Waals surface area contributed by atoms with E-state index in [4.69, 9.17) is 4.74 Å². The molecule has 3 aromatic heterocycles. The number of aromatic nitrogens is 6. The van der Waals surface area contributed by atoms with Crippen LogP contribution in [0.15, 0.2) is 49.1 Å². The SMILES string of the molecule is CCn1cnc2c(-c3ccc(F)c(-c4cc5cnn(C6CN(C(C)=O)C6)c5cc4OC)c3)cnnc21. The average molecular weight is 486 g/mol. The van der Waals surface area contributed by atoms with Crippen LogP contribution >= 0.6 is 0 Å². The van der Waals surface area contributed by atoms with E-state index in [0.717, 1.165) is 28.6 Å². The largest absolute Gasteiger partial charge is 0.496 e. The first kappa shape index (κ1) is 22.1. The van der Waals surface area contributed by atoms with Crippen molar-refractivity contribution in [1.29, 1.82) is 0 Å². The number of carbonyl (C=O) groups excluding carboxylic acids is 1. The van der Waals surface area contributed by atoms with Gasteiger partial charge in [0, 0.05) is 54.7 Å². The van der Waals surface area contributed by atoms with Gasteiger partial charge in [-0.25, -0.2) is 9.37 Å². The van der Waals surface area contributed by atoms with Gasteiger partial charge in [0.05, 0.1) is 37.4 Å². The standard InChI is InChI=1S/C26H24FN7O2/c1-4-32-14-28-25-21(11-29-31-26(25)32)16-5-6-22(27)19(7-16)20-8-17-10-30-34(23(17)9-24(20)36-3)18-12-33(13-18)15(2)35/h5-11,14,18H,4,12-13H2,1-3H3. The number of hydrogen-bond acceptors (Lipinski definition) is 6. The van der Waals surface area contributed by atoms with Crippen LogP contribution in [0.1, 0.15) is 19.9 Å². The number of imidazole rings is 1. The molecular formula is C26H24FN7O2. The molecule has 6 rings (SSSR count). The molecule has 1 saturated heterocycles. The minimum absolute atomic E-state index is 0.0565. The van der Waals surface area contributed by atoms with Crippen molar-refractivity contribution in [3.8, 4) is 28.0 Å². The lowest BCUT2D eigenvalue weighted by Crippen LogP contribution is -2.50. The Labute approximate surface area is 206 Å². The number of benzene rings is 2. The summed E-state index contributed by atoms with van der Waals surface area (Å²) < 4.78 is 24.7. The summed E-state index contributed by atoms with van der Waals surface area (Å²) in [5, 5.41) is 13.8. The summed E-state index contributed by atoms with van der Waals surface area (Å²) in [6.45, 7) is 5.55. The molecule has 1 aliphatic rings. The number of carbonyl (C=O) groups is 1. The first-order chi connectivity index (χ1) is 17.5. The van der Waals surface area contributed by atoms with Crippen LogP contribution in [0.4, 0.5) is 4.39 Å². The topological polar surface area (TPSA) is 91.0 Å². The van der Waals surface area contributed by atoms with Crippen LogP contribution in [0.2, 0.25) is 0 Å². The molecule has 1 amide bonds. The molecule has 10 heteroatoms. The molecule has 0 N–H and O–H groups in total. The maximum absolute atomic E-state index is 15.2. The van der Waals surface area contributed by atoms with E-state index in [1.165, 1.54) is 6.07 Å². The van der Waals surface area contributed by atoms with Gasteiger partial charge in [-0.05, 0) is 30.7 Å². The Morgan fingerprint density at radius 2 is 1.97 bits per heavy atom. The summed E-state index contributed by atoms with van der Waals surface area (Å²) in [5.74, 6) is 0.231. The fraction of sp³-hybridized carbons (Fsp3) is 0.269. The van der Waals surface area contributed by atoms with Crippen molar-refractivity contribution in [2.24, 2.45) is 0 Å². The maximum atomic E-state index is 15.2. The molecule has 9 nitrogen and oxygen atoms in total. The van der Waals surface area contributed by atoms with E-state index < -0.39 is 0 Å². The molecule has 0 saturated carbocycles. The van der Waals surface area contributed by atoms with Gasteiger partial charge in [0.1, 0.15) is 17.1 Å². The van der Waals surface area contributed by atoms with Crippen molar-refractivity contribution in [3.63, 3.8) is 0 Å². The number of rotatable bonds is 5. The van der Waals surface area contributed by atoms with Gasteiger partial charge >= 0.3 is 0 Å². The molecule has 0 atom stereocenters. The van der Waals surface area contributed by atoms with Gasteiger partial charge in [-0.15, -0.1) is 5.10 Å². The van der Waals surface area contributed by atoms with E-state index in [9.17, 15) is 4.79 Å². The number of amides is 1. The third kappa shape index (κ3) is 3.40. The molecule has 0 aliphatic carbocycles. The van der Waals surface area contributed by atoms with Crippen molar-refractivity contribution in [1.82, 2.24) is 34.4 Å². The molecule has 182 valence electrons. The second-order valence-corrected chi connectivity index (χ2v) is 8.93. The Hall–Kier alpha value is -4.34. The van der Waals surface area contributed by atoms with E-state index in [1.54, 1.807) is 49.8 Å². The Morgan fingerprint density at radius 1 is 1.14 bits per heavy atom. The highest BCUT2D eigenvalue weighted by molar-refractivity contribution is 5.93. The lowest BCUT2D eigenvalue weighted by atomic mass is 9.97. The van der Waals surface area contributed by atoms with Crippen molar-refractivity contribution in [2.45, 2.75) is 26.4 Å². The number of fused-ring (bicyclic) bond motifs is 2. The summed E-state index contributed by atoms with van der Waals surface area (Å²) in [6.07, 6.45) is 5.16. The summed E-state index contributed by atoms with van der Waals surface area (Å²) in [5.41, 5.74) is 4.88. The van der Waals surface area contributed by atoms with Crippen LogP contribution in [-0.4, -0.2) is 60.5 Å². The van der Waals surface area contributed by atoms with Crippen LogP contribution in [0.5, 0.6) is 5.75 Å². The monoisotopic (exact) mass is 485 g/mol. The molecule has 0 bridgehead atoms. The lowest BCUT2D eigenvalue weighted by molar-refractivity contribution is -0.134. The zero-order valence-corrected chi connectivity index (χ0v) is 20.1. The van der Waals surface area contributed by atoms with Crippen LogP contribution in [0.3, 0.4) is 0 Å². The van der Waals surface area contributed by atoms with E-state index in [-0.39, 0.29) is 17.8 Å². The first-order valence-electron chi connectivity index (χ1n) is 11.8. The van der Waals surface area contributed by atoms with Gasteiger partial charge in [0.15, 0.2) is 5.65 Å². The van der Waals surface area contributed by atoms with Crippen LogP contribution in [-0.2, 0) is 11.3 Å². The van der Waals surface area contributed by atoms with Crippen molar-refractivity contribution in [3.05, 3.63) is 54.9 Å². The zero-order chi connectivity index (χ0) is 25.0. The zero-order valence-electron chi connectivity index (χ0n) is 20.1. The summed E-state index contributed by atoms with van der Waals surface area (Å²) in [6, 6.07) is 8.85. The lowest BCUT2D eigenvalue weighted by Gasteiger charge is -2.38. The fourth-order valence-corrected chi connectivity index (χ4v) is 4.83. The quantitative estimate of drug-likeness (QED) is 0.373. The maximum Gasteiger partial charge on any atom is 0.219 e. The number of methoxy groups -OCH3 is 1. The number of likely N-dealkylation sites (tertiary alicyclic amines) is 1. The van der Waals surface area contributed by atoms with Gasteiger partial charge in [0.25, 0.3) is 0 Å². The van der Waals surface area contributed by atoms with Gasteiger partial charge in [-0.3, -0.25) is 9.48 Å². The molecule has 36 heavy (non-hydrogen) atoms. The molecule has 1 fully saturated rings. The number of halogens is 1. The smallest absolute Gasteiger partial charge is 0.219 e. The molecule has 0 radical (unpaired) electrons. The van der Waals surface area contributed by atoms with Crippen LogP contribution < -0.4 is 4.74 Å². The Kier molecular flexibility index (Phi) is 5.17. The second-order valence-electron chi connectivity index (χ2n) is 8.93. The van der Waals surface area contributed by atoms with Gasteiger partial charge in [-0.2, -0.15) is 10.2 Å². The Balaban J connectivity index is 1.44. The van der Waals surface area contributed by atoms with E-state index in [1.807, 2.05) is 28.3 Å². The number of aryl methyl sites for hydroxylation is 1. The summed E-state index contributed by atoms with van der Waals surface area (Å²) >= 11 is 0. The highest BCUT2D eigenvalue weighted by Gasteiger charge is 2.31.